The second-order valence-electron chi connectivity index (χ2n) is 8.63. The molecule has 1 aromatic carbocycles. The number of hydrogen-bond acceptors (Lipinski definition) is 3. The fraction of sp³-hybridized carbons (Fsp3) is 0.636. The van der Waals surface area contributed by atoms with Crippen LogP contribution in [0.4, 0.5) is 4.39 Å². The monoisotopic (exact) mass is 390 g/mol. The van der Waals surface area contributed by atoms with Gasteiger partial charge >= 0.3 is 0 Å². The van der Waals surface area contributed by atoms with E-state index in [-0.39, 0.29) is 35.7 Å². The van der Waals surface area contributed by atoms with E-state index < -0.39 is 0 Å². The quantitative estimate of drug-likeness (QED) is 0.751. The number of rotatable bonds is 6. The number of nitrogens with zero attached hydrogens (tertiary/aromatic N) is 2. The molecule has 2 fully saturated rings. The second-order valence-corrected chi connectivity index (χ2v) is 8.63. The molecule has 2 aliphatic heterocycles. The molecule has 0 N–H and O–H groups in total. The lowest BCUT2D eigenvalue weighted by molar-refractivity contribution is -0.144. The van der Waals surface area contributed by atoms with Crippen molar-refractivity contribution in [1.29, 1.82) is 0 Å². The van der Waals surface area contributed by atoms with Gasteiger partial charge in [-0.15, -0.1) is 0 Å². The lowest BCUT2D eigenvalue weighted by atomic mass is 9.75. The van der Waals surface area contributed by atoms with Crippen LogP contribution in [0, 0.1) is 17.2 Å². The molecule has 2 saturated heterocycles. The van der Waals surface area contributed by atoms with Gasteiger partial charge < -0.3 is 14.5 Å². The molecule has 0 saturated carbocycles. The summed E-state index contributed by atoms with van der Waals surface area (Å²) in [4.78, 5) is 29.4. The van der Waals surface area contributed by atoms with Crippen LogP contribution in [0.5, 0.6) is 0 Å². The van der Waals surface area contributed by atoms with E-state index in [1.807, 2.05) is 21.9 Å². The maximum atomic E-state index is 13.4. The van der Waals surface area contributed by atoms with E-state index in [0.29, 0.717) is 31.8 Å². The molecule has 0 radical (unpaired) electrons. The molecule has 1 aromatic rings. The molecule has 1 atom stereocenters. The molecule has 0 aromatic heterocycles. The number of carbonyl (C=O) groups excluding carboxylic acids is 2. The molecule has 6 heteroatoms. The average Bonchev–Trinajstić information content (AvgIpc) is 2.89. The second kappa shape index (κ2) is 8.60. The van der Waals surface area contributed by atoms with Crippen LogP contribution in [0.25, 0.3) is 0 Å². The summed E-state index contributed by atoms with van der Waals surface area (Å²) in [7, 11) is 1.52. The van der Waals surface area contributed by atoms with E-state index in [1.165, 1.54) is 19.2 Å². The van der Waals surface area contributed by atoms with Gasteiger partial charge in [0.25, 0.3) is 0 Å². The molecular weight excluding hydrogens is 359 g/mol. The molecule has 5 nitrogen and oxygen atoms in total. The van der Waals surface area contributed by atoms with Crippen molar-refractivity contribution in [3.63, 3.8) is 0 Å². The highest BCUT2D eigenvalue weighted by Crippen LogP contribution is 2.45. The highest BCUT2D eigenvalue weighted by Gasteiger charge is 2.52. The predicted molar refractivity (Wildman–Crippen MR) is 105 cm³/mol. The summed E-state index contributed by atoms with van der Waals surface area (Å²) in [6, 6.07) is 6.71. The maximum absolute atomic E-state index is 13.4. The van der Waals surface area contributed by atoms with E-state index in [0.717, 1.165) is 24.9 Å². The molecule has 0 aliphatic carbocycles. The van der Waals surface area contributed by atoms with Crippen LogP contribution in [-0.2, 0) is 20.7 Å². The molecule has 2 heterocycles. The van der Waals surface area contributed by atoms with Gasteiger partial charge in [-0.05, 0) is 49.3 Å². The van der Waals surface area contributed by atoms with Gasteiger partial charge in [-0.3, -0.25) is 9.59 Å². The molecule has 1 unspecified atom stereocenters. The largest absolute Gasteiger partial charge is 0.375 e. The third-order valence-electron chi connectivity index (χ3n) is 6.07. The summed E-state index contributed by atoms with van der Waals surface area (Å²) < 4.78 is 18.2. The Morgan fingerprint density at radius 1 is 1.25 bits per heavy atom. The zero-order valence-corrected chi connectivity index (χ0v) is 17.1. The number of methoxy groups -OCH3 is 1. The molecule has 2 amide bonds. The summed E-state index contributed by atoms with van der Waals surface area (Å²) in [6.45, 7) is 6.28. The first-order valence-electron chi connectivity index (χ1n) is 10.2. The van der Waals surface area contributed by atoms with Crippen molar-refractivity contribution in [3.05, 3.63) is 35.6 Å². The number of ether oxygens (including phenoxy) is 1. The number of likely N-dealkylation sites (tertiary alicyclic amines) is 2. The average molecular weight is 390 g/mol. The van der Waals surface area contributed by atoms with Crippen LogP contribution in [0.1, 0.15) is 38.7 Å². The van der Waals surface area contributed by atoms with Crippen LogP contribution in [0.15, 0.2) is 24.3 Å². The van der Waals surface area contributed by atoms with Gasteiger partial charge in [0.1, 0.15) is 12.4 Å². The fourth-order valence-corrected chi connectivity index (χ4v) is 4.64. The van der Waals surface area contributed by atoms with Crippen LogP contribution in [0.3, 0.4) is 0 Å². The first-order chi connectivity index (χ1) is 13.3. The first kappa shape index (κ1) is 20.8. The number of halogens is 1. The van der Waals surface area contributed by atoms with Crippen LogP contribution >= 0.6 is 0 Å². The minimum absolute atomic E-state index is 0.00954. The summed E-state index contributed by atoms with van der Waals surface area (Å²) in [5, 5.41) is 0. The van der Waals surface area contributed by atoms with Crippen LogP contribution < -0.4 is 0 Å². The Kier molecular flexibility index (Phi) is 6.38. The van der Waals surface area contributed by atoms with Gasteiger partial charge in [0.15, 0.2) is 0 Å². The van der Waals surface area contributed by atoms with E-state index in [1.54, 1.807) is 0 Å². The predicted octanol–water partition coefficient (Wildman–Crippen LogP) is 2.88. The van der Waals surface area contributed by atoms with Crippen LogP contribution in [-0.4, -0.2) is 61.0 Å². The SMILES string of the molecule is COCC(=O)N1CCC2(CC1)CC(Cc1ccc(F)cc1)N(CC(C)C)C2=O. The van der Waals surface area contributed by atoms with Crippen molar-refractivity contribution >= 4 is 11.8 Å². The van der Waals surface area contributed by atoms with E-state index >= 15 is 0 Å². The van der Waals surface area contributed by atoms with Gasteiger partial charge in [0, 0.05) is 32.8 Å². The van der Waals surface area contributed by atoms with Crippen molar-refractivity contribution in [2.45, 2.75) is 45.6 Å². The smallest absolute Gasteiger partial charge is 0.248 e. The lowest BCUT2D eigenvalue weighted by Gasteiger charge is -2.38. The third kappa shape index (κ3) is 4.37. The minimum atomic E-state index is -0.372. The summed E-state index contributed by atoms with van der Waals surface area (Å²) in [6.07, 6.45) is 2.96. The number of benzene rings is 1. The lowest BCUT2D eigenvalue weighted by Crippen LogP contribution is -2.47. The summed E-state index contributed by atoms with van der Waals surface area (Å²) in [5.74, 6) is 0.366. The molecule has 2 aliphatic rings. The topological polar surface area (TPSA) is 49.9 Å². The standard InChI is InChI=1S/C22H31FN2O3/c1-16(2)14-25-19(12-17-4-6-18(23)7-5-17)13-22(21(25)27)8-10-24(11-9-22)20(26)15-28-3/h4-7,16,19H,8-15H2,1-3H3. The Hall–Kier alpha value is -1.95. The number of carbonyl (C=O) groups is 2. The van der Waals surface area contributed by atoms with Gasteiger partial charge in [0.05, 0.1) is 5.41 Å². The Morgan fingerprint density at radius 3 is 2.46 bits per heavy atom. The zero-order chi connectivity index (χ0) is 20.3. The first-order valence-corrected chi connectivity index (χ1v) is 10.2. The maximum Gasteiger partial charge on any atom is 0.248 e. The third-order valence-corrected chi connectivity index (χ3v) is 6.07. The number of piperidine rings is 1. The van der Waals surface area contributed by atoms with Gasteiger partial charge in [-0.25, -0.2) is 4.39 Å². The van der Waals surface area contributed by atoms with Crippen LogP contribution in [0.2, 0.25) is 0 Å². The van der Waals surface area contributed by atoms with Gasteiger partial charge in [-0.2, -0.15) is 0 Å². The summed E-state index contributed by atoms with van der Waals surface area (Å²) >= 11 is 0. The Balaban J connectivity index is 1.74. The highest BCUT2D eigenvalue weighted by molar-refractivity contribution is 5.86. The van der Waals surface area contributed by atoms with Gasteiger partial charge in [-0.1, -0.05) is 26.0 Å². The van der Waals surface area contributed by atoms with Gasteiger partial charge in [0.2, 0.25) is 11.8 Å². The Bertz CT molecular complexity index is 696. The molecule has 3 rings (SSSR count). The van der Waals surface area contributed by atoms with E-state index in [4.69, 9.17) is 4.74 Å². The molecule has 0 bridgehead atoms. The molecule has 1 spiro atoms. The van der Waals surface area contributed by atoms with E-state index in [2.05, 4.69) is 13.8 Å². The highest BCUT2D eigenvalue weighted by atomic mass is 19.1. The molecule has 154 valence electrons. The normalized spacial score (nSPS) is 21.8. The van der Waals surface area contributed by atoms with Crippen molar-refractivity contribution < 1.29 is 18.7 Å². The summed E-state index contributed by atoms with van der Waals surface area (Å²) in [5.41, 5.74) is 0.682. The number of hydrogen-bond donors (Lipinski definition) is 0. The fourth-order valence-electron chi connectivity index (χ4n) is 4.64. The minimum Gasteiger partial charge on any atom is -0.375 e. The van der Waals surface area contributed by atoms with Crippen molar-refractivity contribution in [2.24, 2.45) is 11.3 Å². The zero-order valence-electron chi connectivity index (χ0n) is 17.1. The Labute approximate surface area is 166 Å². The Morgan fingerprint density at radius 2 is 1.89 bits per heavy atom. The molecular formula is C22H31FN2O3. The van der Waals surface area contributed by atoms with Crippen molar-refractivity contribution in [3.8, 4) is 0 Å². The number of amides is 2. The van der Waals surface area contributed by atoms with E-state index in [9.17, 15) is 14.0 Å². The molecule has 28 heavy (non-hydrogen) atoms. The van der Waals surface area contributed by atoms with Crippen molar-refractivity contribution in [1.82, 2.24) is 9.80 Å². The van der Waals surface area contributed by atoms with Crippen molar-refractivity contribution in [2.75, 3.05) is 33.4 Å².